The molecule has 2 aromatic rings. The third kappa shape index (κ3) is 3.81. The lowest BCUT2D eigenvalue weighted by atomic mass is 10.2. The summed E-state index contributed by atoms with van der Waals surface area (Å²) in [6.45, 7) is 2.28. The third-order valence-electron chi connectivity index (χ3n) is 2.77. The van der Waals surface area contributed by atoms with Crippen LogP contribution in [-0.4, -0.2) is 16.1 Å². The molecule has 0 saturated carbocycles. The molecule has 1 amide bonds. The largest absolute Gasteiger partial charge is 0.419 e. The van der Waals surface area contributed by atoms with Crippen LogP contribution in [0.3, 0.4) is 0 Å². The zero-order chi connectivity index (χ0) is 14.4. The van der Waals surface area contributed by atoms with Crippen molar-refractivity contribution in [3.63, 3.8) is 0 Å². The van der Waals surface area contributed by atoms with Gasteiger partial charge in [0.2, 0.25) is 17.7 Å². The lowest BCUT2D eigenvalue weighted by Gasteiger charge is -2.00. The van der Waals surface area contributed by atoms with Crippen molar-refractivity contribution in [2.45, 2.75) is 32.7 Å². The van der Waals surface area contributed by atoms with E-state index in [2.05, 4.69) is 15.5 Å². The minimum absolute atomic E-state index is 0.00987. The van der Waals surface area contributed by atoms with E-state index in [4.69, 9.17) is 16.0 Å². The second-order valence-corrected chi connectivity index (χ2v) is 4.77. The van der Waals surface area contributed by atoms with Crippen LogP contribution in [0.15, 0.2) is 28.7 Å². The molecule has 106 valence electrons. The predicted molar refractivity (Wildman–Crippen MR) is 76.1 cm³/mol. The highest BCUT2D eigenvalue weighted by atomic mass is 35.5. The summed E-state index contributed by atoms with van der Waals surface area (Å²) < 4.78 is 5.48. The Morgan fingerprint density at radius 3 is 2.90 bits per heavy atom. The van der Waals surface area contributed by atoms with Crippen LogP contribution in [0.2, 0.25) is 5.02 Å². The zero-order valence-electron chi connectivity index (χ0n) is 11.2. The molecule has 0 aliphatic carbocycles. The minimum atomic E-state index is -0.00987. The van der Waals surface area contributed by atoms with Crippen molar-refractivity contribution in [1.82, 2.24) is 15.5 Å². The van der Waals surface area contributed by atoms with Crippen LogP contribution < -0.4 is 5.32 Å². The summed E-state index contributed by atoms with van der Waals surface area (Å²) in [5.74, 6) is 0.711. The van der Waals surface area contributed by atoms with Gasteiger partial charge in [0.15, 0.2) is 0 Å². The number of nitrogens with one attached hydrogen (secondary N) is 1. The molecule has 2 rings (SSSR count). The maximum absolute atomic E-state index is 11.5. The van der Waals surface area contributed by atoms with Gasteiger partial charge in [0.1, 0.15) is 0 Å². The lowest BCUT2D eigenvalue weighted by molar-refractivity contribution is -0.121. The SMILES string of the molecule is CCCCC(=O)NCc1nnc(-c2ccccc2Cl)o1. The second-order valence-electron chi connectivity index (χ2n) is 4.36. The van der Waals surface area contributed by atoms with E-state index in [-0.39, 0.29) is 12.5 Å². The summed E-state index contributed by atoms with van der Waals surface area (Å²) in [6, 6.07) is 7.24. The fourth-order valence-electron chi connectivity index (χ4n) is 1.67. The van der Waals surface area contributed by atoms with E-state index in [1.54, 1.807) is 12.1 Å². The van der Waals surface area contributed by atoms with E-state index in [0.29, 0.717) is 28.8 Å². The molecule has 0 bridgehead atoms. The van der Waals surface area contributed by atoms with Gasteiger partial charge in [0.25, 0.3) is 0 Å². The highest BCUT2D eigenvalue weighted by Crippen LogP contribution is 2.26. The molecular weight excluding hydrogens is 278 g/mol. The van der Waals surface area contributed by atoms with Gasteiger partial charge >= 0.3 is 0 Å². The fraction of sp³-hybridized carbons (Fsp3) is 0.357. The molecule has 1 heterocycles. The maximum Gasteiger partial charge on any atom is 0.249 e. The first-order valence-electron chi connectivity index (χ1n) is 6.54. The number of aromatic nitrogens is 2. The number of carbonyl (C=O) groups excluding carboxylic acids is 1. The predicted octanol–water partition coefficient (Wildman–Crippen LogP) is 3.20. The van der Waals surface area contributed by atoms with Crippen molar-refractivity contribution in [2.24, 2.45) is 0 Å². The topological polar surface area (TPSA) is 68.0 Å². The first kappa shape index (κ1) is 14.5. The average Bonchev–Trinajstić information content (AvgIpc) is 2.92. The van der Waals surface area contributed by atoms with Gasteiger partial charge < -0.3 is 9.73 Å². The van der Waals surface area contributed by atoms with Gasteiger partial charge in [0, 0.05) is 6.42 Å². The monoisotopic (exact) mass is 293 g/mol. The molecule has 1 aromatic carbocycles. The van der Waals surface area contributed by atoms with E-state index >= 15 is 0 Å². The molecule has 0 fully saturated rings. The smallest absolute Gasteiger partial charge is 0.249 e. The summed E-state index contributed by atoms with van der Waals surface area (Å²) in [7, 11) is 0. The van der Waals surface area contributed by atoms with Crippen LogP contribution in [0.4, 0.5) is 0 Å². The van der Waals surface area contributed by atoms with Crippen LogP contribution >= 0.6 is 11.6 Å². The first-order valence-corrected chi connectivity index (χ1v) is 6.92. The molecule has 5 nitrogen and oxygen atoms in total. The van der Waals surface area contributed by atoms with Crippen LogP contribution in [0.25, 0.3) is 11.5 Å². The third-order valence-corrected chi connectivity index (χ3v) is 3.09. The molecule has 1 aromatic heterocycles. The van der Waals surface area contributed by atoms with Crippen LogP contribution in [-0.2, 0) is 11.3 Å². The molecule has 0 unspecified atom stereocenters. The standard InChI is InChI=1S/C14H16ClN3O2/c1-2-3-8-12(19)16-9-13-17-18-14(20-13)10-6-4-5-7-11(10)15/h4-7H,2-3,8-9H2,1H3,(H,16,19). The summed E-state index contributed by atoms with van der Waals surface area (Å²) in [6.07, 6.45) is 2.38. The van der Waals surface area contributed by atoms with Gasteiger partial charge in [-0.3, -0.25) is 4.79 Å². The molecule has 1 N–H and O–H groups in total. The molecule has 0 aliphatic rings. The van der Waals surface area contributed by atoms with Gasteiger partial charge in [0.05, 0.1) is 17.1 Å². The number of hydrogen-bond donors (Lipinski definition) is 1. The Morgan fingerprint density at radius 1 is 1.35 bits per heavy atom. The van der Waals surface area contributed by atoms with E-state index in [1.807, 2.05) is 19.1 Å². The number of nitrogens with zero attached hydrogens (tertiary/aromatic N) is 2. The number of halogens is 1. The summed E-state index contributed by atoms with van der Waals surface area (Å²) in [5.41, 5.74) is 0.685. The fourth-order valence-corrected chi connectivity index (χ4v) is 1.89. The first-order chi connectivity index (χ1) is 9.70. The zero-order valence-corrected chi connectivity index (χ0v) is 12.0. The molecule has 0 saturated heterocycles. The minimum Gasteiger partial charge on any atom is -0.419 e. The normalized spacial score (nSPS) is 10.5. The maximum atomic E-state index is 11.5. The number of carbonyl (C=O) groups is 1. The van der Waals surface area contributed by atoms with Gasteiger partial charge in [-0.15, -0.1) is 10.2 Å². The summed E-state index contributed by atoms with van der Waals surface area (Å²) in [5, 5.41) is 11.1. The summed E-state index contributed by atoms with van der Waals surface area (Å²) in [4.78, 5) is 11.5. The number of unbranched alkanes of at least 4 members (excludes halogenated alkanes) is 1. The molecule has 0 aliphatic heterocycles. The number of benzene rings is 1. The van der Waals surface area contributed by atoms with E-state index in [0.717, 1.165) is 12.8 Å². The second kappa shape index (κ2) is 7.05. The Kier molecular flexibility index (Phi) is 5.12. The Hall–Kier alpha value is -1.88. The van der Waals surface area contributed by atoms with Gasteiger partial charge in [-0.05, 0) is 18.6 Å². The molecule has 0 radical (unpaired) electrons. The Balaban J connectivity index is 1.96. The Bertz CT molecular complexity index is 583. The van der Waals surface area contributed by atoms with Crippen LogP contribution in [0.5, 0.6) is 0 Å². The lowest BCUT2D eigenvalue weighted by Crippen LogP contribution is -2.22. The van der Waals surface area contributed by atoms with Crippen molar-refractivity contribution < 1.29 is 9.21 Å². The van der Waals surface area contributed by atoms with Crippen molar-refractivity contribution in [3.05, 3.63) is 35.2 Å². The number of rotatable bonds is 6. The van der Waals surface area contributed by atoms with Crippen molar-refractivity contribution >= 4 is 17.5 Å². The van der Waals surface area contributed by atoms with Crippen LogP contribution in [0, 0.1) is 0 Å². The van der Waals surface area contributed by atoms with E-state index in [9.17, 15) is 4.79 Å². The Morgan fingerprint density at radius 2 is 2.15 bits per heavy atom. The molecule has 0 atom stereocenters. The van der Waals surface area contributed by atoms with Gasteiger partial charge in [-0.25, -0.2) is 0 Å². The van der Waals surface area contributed by atoms with Gasteiger partial charge in [-0.1, -0.05) is 37.1 Å². The number of hydrogen-bond acceptors (Lipinski definition) is 4. The van der Waals surface area contributed by atoms with Crippen molar-refractivity contribution in [2.75, 3.05) is 0 Å². The van der Waals surface area contributed by atoms with Crippen molar-refractivity contribution in [3.8, 4) is 11.5 Å². The highest BCUT2D eigenvalue weighted by molar-refractivity contribution is 6.33. The quantitative estimate of drug-likeness (QED) is 0.888. The van der Waals surface area contributed by atoms with Crippen molar-refractivity contribution in [1.29, 1.82) is 0 Å². The van der Waals surface area contributed by atoms with E-state index in [1.165, 1.54) is 0 Å². The molecular formula is C14H16ClN3O2. The average molecular weight is 294 g/mol. The molecule has 6 heteroatoms. The van der Waals surface area contributed by atoms with Gasteiger partial charge in [-0.2, -0.15) is 0 Å². The number of amides is 1. The molecule has 0 spiro atoms. The van der Waals surface area contributed by atoms with Crippen LogP contribution in [0.1, 0.15) is 32.1 Å². The summed E-state index contributed by atoms with van der Waals surface area (Å²) >= 11 is 6.06. The highest BCUT2D eigenvalue weighted by Gasteiger charge is 2.11. The van der Waals surface area contributed by atoms with E-state index < -0.39 is 0 Å². The molecule has 20 heavy (non-hydrogen) atoms. The Labute approximate surface area is 122 Å².